The third kappa shape index (κ3) is 2.04. The van der Waals surface area contributed by atoms with Crippen LogP contribution in [0.4, 0.5) is 5.13 Å². The first-order chi connectivity index (χ1) is 7.74. The van der Waals surface area contributed by atoms with Gasteiger partial charge in [-0.05, 0) is 0 Å². The van der Waals surface area contributed by atoms with Crippen molar-refractivity contribution in [1.82, 2.24) is 4.98 Å². The van der Waals surface area contributed by atoms with Crippen LogP contribution in [-0.2, 0) is 4.79 Å². The highest BCUT2D eigenvalue weighted by atomic mass is 32.2. The Kier molecular flexibility index (Phi) is 3.14. The number of rotatable bonds is 2. The number of amides is 1. The molecule has 2 heterocycles. The lowest BCUT2D eigenvalue weighted by molar-refractivity contribution is -0.117. The van der Waals surface area contributed by atoms with Crippen LogP contribution in [-0.4, -0.2) is 17.4 Å². The molecule has 80 valence electrons. The van der Waals surface area contributed by atoms with E-state index in [1.807, 2.05) is 5.40 Å². The Labute approximate surface area is 101 Å². The molecule has 6 heteroatoms. The molecule has 1 atom stereocenters. The van der Waals surface area contributed by atoms with Gasteiger partial charge < -0.3 is 0 Å². The predicted octanol–water partition coefficient (Wildman–Crippen LogP) is 1.70. The zero-order valence-corrected chi connectivity index (χ0v) is 9.85. The van der Waals surface area contributed by atoms with Crippen molar-refractivity contribution in [2.45, 2.75) is 10.6 Å². The second kappa shape index (κ2) is 4.56. The Morgan fingerprint density at radius 2 is 2.56 bits per heavy atom. The van der Waals surface area contributed by atoms with Gasteiger partial charge in [0.1, 0.15) is 5.40 Å². The number of anilines is 1. The van der Waals surface area contributed by atoms with E-state index in [-0.39, 0.29) is 11.8 Å². The quantitative estimate of drug-likeness (QED) is 0.455. The SMILES string of the molecule is C#CC1CC(=O)N(c2ncc(SC#N)s2)C1. The second-order valence-electron chi connectivity index (χ2n) is 3.23. The monoisotopic (exact) mass is 249 g/mol. The van der Waals surface area contributed by atoms with Gasteiger partial charge in [-0.2, -0.15) is 5.26 Å². The molecule has 0 saturated carbocycles. The van der Waals surface area contributed by atoms with Gasteiger partial charge in [0.15, 0.2) is 5.13 Å². The molecule has 0 aromatic carbocycles. The molecule has 1 unspecified atom stereocenters. The Balaban J connectivity index is 2.16. The number of carbonyl (C=O) groups excluding carboxylic acids is 1. The molecular formula is C10H7N3OS2. The molecule has 2 rings (SSSR count). The number of carbonyl (C=O) groups is 1. The molecule has 1 amide bonds. The lowest BCUT2D eigenvalue weighted by Gasteiger charge is -2.10. The van der Waals surface area contributed by atoms with Crippen LogP contribution in [0.3, 0.4) is 0 Å². The Morgan fingerprint density at radius 1 is 1.75 bits per heavy atom. The van der Waals surface area contributed by atoms with Crippen molar-refractivity contribution in [3.8, 4) is 17.7 Å². The predicted molar refractivity (Wildman–Crippen MR) is 62.9 cm³/mol. The summed E-state index contributed by atoms with van der Waals surface area (Å²) in [6.07, 6.45) is 7.28. The van der Waals surface area contributed by atoms with Crippen LogP contribution < -0.4 is 4.90 Å². The molecule has 0 aliphatic carbocycles. The van der Waals surface area contributed by atoms with E-state index in [0.717, 1.165) is 16.0 Å². The van der Waals surface area contributed by atoms with Crippen LogP contribution in [0.1, 0.15) is 6.42 Å². The molecular weight excluding hydrogens is 242 g/mol. The summed E-state index contributed by atoms with van der Waals surface area (Å²) in [7, 11) is 0. The van der Waals surface area contributed by atoms with Crippen molar-refractivity contribution in [2.75, 3.05) is 11.4 Å². The van der Waals surface area contributed by atoms with Gasteiger partial charge >= 0.3 is 0 Å². The van der Waals surface area contributed by atoms with Crippen molar-refractivity contribution in [3.63, 3.8) is 0 Å². The molecule has 1 fully saturated rings. The summed E-state index contributed by atoms with van der Waals surface area (Å²) < 4.78 is 0.787. The standard InChI is InChI=1S/C10H7N3OS2/c1-2-7-3-8(14)13(5-7)10-12-4-9(16-10)15-6-11/h1,4,7H,3,5H2. The van der Waals surface area contributed by atoms with Crippen LogP contribution in [0.5, 0.6) is 0 Å². The first kappa shape index (κ1) is 11.0. The zero-order valence-electron chi connectivity index (χ0n) is 8.21. The highest BCUT2D eigenvalue weighted by Gasteiger charge is 2.31. The third-order valence-electron chi connectivity index (χ3n) is 2.21. The van der Waals surface area contributed by atoms with Gasteiger partial charge in [0.05, 0.1) is 10.4 Å². The minimum Gasteiger partial charge on any atom is -0.287 e. The van der Waals surface area contributed by atoms with E-state index in [4.69, 9.17) is 11.7 Å². The van der Waals surface area contributed by atoms with Crippen molar-refractivity contribution < 1.29 is 4.79 Å². The van der Waals surface area contributed by atoms with Gasteiger partial charge in [-0.3, -0.25) is 9.69 Å². The van der Waals surface area contributed by atoms with Crippen molar-refractivity contribution in [2.24, 2.45) is 5.92 Å². The van der Waals surface area contributed by atoms with E-state index in [1.165, 1.54) is 11.3 Å². The van der Waals surface area contributed by atoms with Crippen molar-refractivity contribution >= 4 is 34.1 Å². The molecule has 0 N–H and O–H groups in total. The summed E-state index contributed by atoms with van der Waals surface area (Å²) >= 11 is 2.38. The first-order valence-corrected chi connectivity index (χ1v) is 6.16. The normalized spacial score (nSPS) is 19.5. The fraction of sp³-hybridized carbons (Fsp3) is 0.300. The van der Waals surface area contributed by atoms with Crippen LogP contribution in [0.25, 0.3) is 0 Å². The summed E-state index contributed by atoms with van der Waals surface area (Å²) in [5.74, 6) is 2.56. The molecule has 16 heavy (non-hydrogen) atoms. The molecule has 0 bridgehead atoms. The number of aromatic nitrogens is 1. The number of thiazole rings is 1. The third-order valence-corrected chi connectivity index (χ3v) is 3.92. The summed E-state index contributed by atoms with van der Waals surface area (Å²) in [6, 6.07) is 0. The van der Waals surface area contributed by atoms with E-state index in [1.54, 1.807) is 11.1 Å². The molecule has 0 radical (unpaired) electrons. The highest BCUT2D eigenvalue weighted by molar-refractivity contribution is 8.05. The average molecular weight is 249 g/mol. The summed E-state index contributed by atoms with van der Waals surface area (Å²) in [6.45, 7) is 0.527. The topological polar surface area (TPSA) is 57.0 Å². The van der Waals surface area contributed by atoms with Crippen LogP contribution in [0.15, 0.2) is 10.4 Å². The Hall–Kier alpha value is -1.50. The Morgan fingerprint density at radius 3 is 3.19 bits per heavy atom. The second-order valence-corrected chi connectivity index (χ2v) is 5.32. The van der Waals surface area contributed by atoms with Crippen LogP contribution >= 0.6 is 23.1 Å². The fourth-order valence-electron chi connectivity index (χ4n) is 1.47. The number of terminal acetylenes is 1. The van der Waals surface area contributed by atoms with Gasteiger partial charge in [-0.1, -0.05) is 11.3 Å². The summed E-state index contributed by atoms with van der Waals surface area (Å²) in [4.78, 5) is 17.3. The molecule has 1 aromatic heterocycles. The maximum absolute atomic E-state index is 11.6. The Bertz CT molecular complexity index is 497. The molecule has 1 aromatic rings. The maximum Gasteiger partial charge on any atom is 0.230 e. The molecule has 0 spiro atoms. The number of thiocyanates is 1. The average Bonchev–Trinajstić information content (AvgIpc) is 2.85. The van der Waals surface area contributed by atoms with Gasteiger partial charge in [0.25, 0.3) is 0 Å². The number of hydrogen-bond acceptors (Lipinski definition) is 5. The van der Waals surface area contributed by atoms with E-state index < -0.39 is 0 Å². The number of hydrogen-bond donors (Lipinski definition) is 0. The molecule has 4 nitrogen and oxygen atoms in total. The van der Waals surface area contributed by atoms with Gasteiger partial charge in [0.2, 0.25) is 5.91 Å². The van der Waals surface area contributed by atoms with E-state index >= 15 is 0 Å². The van der Waals surface area contributed by atoms with Crippen molar-refractivity contribution in [1.29, 1.82) is 5.26 Å². The smallest absolute Gasteiger partial charge is 0.230 e. The maximum atomic E-state index is 11.6. The summed E-state index contributed by atoms with van der Waals surface area (Å²) in [5, 5.41) is 11.1. The lowest BCUT2D eigenvalue weighted by atomic mass is 10.1. The van der Waals surface area contributed by atoms with Gasteiger partial charge in [-0.25, -0.2) is 4.98 Å². The van der Waals surface area contributed by atoms with Gasteiger partial charge in [0, 0.05) is 30.6 Å². The molecule has 1 aliphatic heterocycles. The van der Waals surface area contributed by atoms with Crippen LogP contribution in [0.2, 0.25) is 0 Å². The fourth-order valence-corrected chi connectivity index (χ4v) is 2.85. The highest BCUT2D eigenvalue weighted by Crippen LogP contribution is 2.32. The lowest BCUT2D eigenvalue weighted by Crippen LogP contribution is -2.23. The van der Waals surface area contributed by atoms with E-state index in [2.05, 4.69) is 10.9 Å². The number of thioether (sulfide) groups is 1. The largest absolute Gasteiger partial charge is 0.287 e. The van der Waals surface area contributed by atoms with Gasteiger partial charge in [-0.15, -0.1) is 12.3 Å². The van der Waals surface area contributed by atoms with E-state index in [9.17, 15) is 4.79 Å². The molecule has 1 aliphatic rings. The number of nitriles is 1. The van der Waals surface area contributed by atoms with E-state index in [0.29, 0.717) is 18.1 Å². The number of nitrogens with zero attached hydrogens (tertiary/aromatic N) is 3. The minimum absolute atomic E-state index is 0.00538. The molecule has 1 saturated heterocycles. The summed E-state index contributed by atoms with van der Waals surface area (Å²) in [5.41, 5.74) is 0. The van der Waals surface area contributed by atoms with Crippen LogP contribution in [0, 0.1) is 28.9 Å². The first-order valence-electron chi connectivity index (χ1n) is 4.53. The van der Waals surface area contributed by atoms with Crippen molar-refractivity contribution in [3.05, 3.63) is 6.20 Å². The zero-order chi connectivity index (χ0) is 11.5. The minimum atomic E-state index is -0.0246.